The molecular formula is C15H23NO. The molecule has 1 fully saturated rings. The van der Waals surface area contributed by atoms with Crippen LogP contribution in [0.4, 0.5) is 0 Å². The fraction of sp³-hybridized carbons (Fsp3) is 0.600. The maximum Gasteiger partial charge on any atom is 0.0468 e. The molecule has 2 N–H and O–H groups in total. The summed E-state index contributed by atoms with van der Waals surface area (Å²) >= 11 is 0. The van der Waals surface area contributed by atoms with Crippen molar-refractivity contribution in [3.05, 3.63) is 35.4 Å². The summed E-state index contributed by atoms with van der Waals surface area (Å²) in [7, 11) is 0. The molecule has 2 heteroatoms. The van der Waals surface area contributed by atoms with E-state index in [0.29, 0.717) is 5.92 Å². The van der Waals surface area contributed by atoms with Gasteiger partial charge in [0.25, 0.3) is 0 Å². The van der Waals surface area contributed by atoms with E-state index in [2.05, 4.69) is 31.2 Å². The summed E-state index contributed by atoms with van der Waals surface area (Å²) in [5.41, 5.74) is 8.60. The van der Waals surface area contributed by atoms with Gasteiger partial charge in [0.1, 0.15) is 0 Å². The number of hydrogen-bond acceptors (Lipinski definition) is 2. The van der Waals surface area contributed by atoms with Gasteiger partial charge >= 0.3 is 0 Å². The predicted molar refractivity (Wildman–Crippen MR) is 71.2 cm³/mol. The molecule has 1 aliphatic heterocycles. The van der Waals surface area contributed by atoms with Crippen LogP contribution in [-0.4, -0.2) is 19.8 Å². The van der Waals surface area contributed by atoms with Gasteiger partial charge in [0.15, 0.2) is 0 Å². The van der Waals surface area contributed by atoms with Crippen LogP contribution < -0.4 is 5.73 Å². The van der Waals surface area contributed by atoms with Crippen molar-refractivity contribution in [2.24, 2.45) is 11.7 Å². The van der Waals surface area contributed by atoms with Crippen molar-refractivity contribution < 1.29 is 4.74 Å². The number of ether oxygens (including phenoxy) is 1. The monoisotopic (exact) mass is 233 g/mol. The Morgan fingerprint density at radius 3 is 2.71 bits per heavy atom. The lowest BCUT2D eigenvalue weighted by molar-refractivity contribution is 0.0595. The summed E-state index contributed by atoms with van der Waals surface area (Å²) in [5, 5.41) is 0. The lowest BCUT2D eigenvalue weighted by atomic mass is 9.80. The van der Waals surface area contributed by atoms with Crippen molar-refractivity contribution in [3.8, 4) is 0 Å². The molecule has 2 rings (SSSR count). The molecule has 0 spiro atoms. The molecule has 94 valence electrons. The van der Waals surface area contributed by atoms with Crippen LogP contribution in [-0.2, 0) is 11.2 Å². The van der Waals surface area contributed by atoms with Gasteiger partial charge in [0, 0.05) is 13.2 Å². The molecule has 1 unspecified atom stereocenters. The van der Waals surface area contributed by atoms with E-state index in [4.69, 9.17) is 10.5 Å². The van der Waals surface area contributed by atoms with Crippen LogP contribution in [0.3, 0.4) is 0 Å². The van der Waals surface area contributed by atoms with Gasteiger partial charge in [0.2, 0.25) is 0 Å². The molecule has 1 aromatic carbocycles. The Labute approximate surface area is 104 Å². The average molecular weight is 233 g/mol. The highest BCUT2D eigenvalue weighted by molar-refractivity contribution is 5.31. The first-order valence-electron chi connectivity index (χ1n) is 6.68. The van der Waals surface area contributed by atoms with Gasteiger partial charge in [-0.2, -0.15) is 0 Å². The fourth-order valence-corrected chi connectivity index (χ4v) is 2.83. The molecule has 0 bridgehead atoms. The second-order valence-electron chi connectivity index (χ2n) is 4.98. The van der Waals surface area contributed by atoms with Gasteiger partial charge in [-0.25, -0.2) is 0 Å². The van der Waals surface area contributed by atoms with Crippen LogP contribution in [0.25, 0.3) is 0 Å². The fourth-order valence-electron chi connectivity index (χ4n) is 2.83. The van der Waals surface area contributed by atoms with Gasteiger partial charge in [-0.1, -0.05) is 31.2 Å². The Morgan fingerprint density at radius 1 is 1.29 bits per heavy atom. The van der Waals surface area contributed by atoms with E-state index in [1.807, 2.05) is 0 Å². The van der Waals surface area contributed by atoms with E-state index in [1.54, 1.807) is 0 Å². The molecule has 0 aromatic heterocycles. The van der Waals surface area contributed by atoms with Gasteiger partial charge in [0.05, 0.1) is 0 Å². The second kappa shape index (κ2) is 6.18. The first-order chi connectivity index (χ1) is 8.33. The van der Waals surface area contributed by atoms with Crippen molar-refractivity contribution in [1.29, 1.82) is 0 Å². The van der Waals surface area contributed by atoms with E-state index >= 15 is 0 Å². The molecule has 0 amide bonds. The molecule has 2 nitrogen and oxygen atoms in total. The molecule has 0 aliphatic carbocycles. The molecule has 1 saturated heterocycles. The quantitative estimate of drug-likeness (QED) is 0.868. The average Bonchev–Trinajstić information content (AvgIpc) is 2.40. The molecule has 1 atom stereocenters. The summed E-state index contributed by atoms with van der Waals surface area (Å²) in [4.78, 5) is 0. The summed E-state index contributed by atoms with van der Waals surface area (Å²) in [6.45, 7) is 4.94. The summed E-state index contributed by atoms with van der Waals surface area (Å²) in [6, 6.07) is 8.75. The Kier molecular flexibility index (Phi) is 4.57. The van der Waals surface area contributed by atoms with Crippen LogP contribution in [0.15, 0.2) is 24.3 Å². The first-order valence-corrected chi connectivity index (χ1v) is 6.68. The second-order valence-corrected chi connectivity index (χ2v) is 4.98. The van der Waals surface area contributed by atoms with Crippen LogP contribution in [0.2, 0.25) is 0 Å². The van der Waals surface area contributed by atoms with E-state index in [0.717, 1.165) is 32.1 Å². The van der Waals surface area contributed by atoms with Crippen LogP contribution in [0.1, 0.15) is 36.8 Å². The summed E-state index contributed by atoms with van der Waals surface area (Å²) < 4.78 is 5.44. The Morgan fingerprint density at radius 2 is 2.00 bits per heavy atom. The van der Waals surface area contributed by atoms with Crippen molar-refractivity contribution in [2.45, 2.75) is 32.1 Å². The largest absolute Gasteiger partial charge is 0.381 e. The molecule has 17 heavy (non-hydrogen) atoms. The molecule has 0 radical (unpaired) electrons. The van der Waals surface area contributed by atoms with Crippen LogP contribution in [0.5, 0.6) is 0 Å². The number of rotatable bonds is 4. The zero-order chi connectivity index (χ0) is 12.1. The standard InChI is InChI=1S/C15H23NO/c1-12(13-7-10-17-11-8-13)15-5-3-2-4-14(15)6-9-16/h2-5,12-13H,6-11,16H2,1H3. The molecule has 1 heterocycles. The lowest BCUT2D eigenvalue weighted by Crippen LogP contribution is -2.21. The first kappa shape index (κ1) is 12.6. The number of benzene rings is 1. The molecule has 0 saturated carbocycles. The Bertz CT molecular complexity index is 345. The topological polar surface area (TPSA) is 35.2 Å². The van der Waals surface area contributed by atoms with Gasteiger partial charge in [-0.3, -0.25) is 0 Å². The van der Waals surface area contributed by atoms with Crippen LogP contribution >= 0.6 is 0 Å². The van der Waals surface area contributed by atoms with Crippen LogP contribution in [0, 0.1) is 5.92 Å². The molecule has 1 aromatic rings. The Hall–Kier alpha value is -0.860. The van der Waals surface area contributed by atoms with Crippen molar-refractivity contribution in [3.63, 3.8) is 0 Å². The predicted octanol–water partition coefficient (Wildman–Crippen LogP) is 2.72. The third kappa shape index (κ3) is 3.08. The van der Waals surface area contributed by atoms with Gasteiger partial charge < -0.3 is 10.5 Å². The number of nitrogens with two attached hydrogens (primary N) is 1. The number of hydrogen-bond donors (Lipinski definition) is 1. The maximum atomic E-state index is 5.69. The zero-order valence-corrected chi connectivity index (χ0v) is 10.7. The van der Waals surface area contributed by atoms with E-state index < -0.39 is 0 Å². The maximum absolute atomic E-state index is 5.69. The molecule has 1 aliphatic rings. The highest BCUT2D eigenvalue weighted by Crippen LogP contribution is 2.33. The summed E-state index contributed by atoms with van der Waals surface area (Å²) in [6.07, 6.45) is 3.37. The summed E-state index contributed by atoms with van der Waals surface area (Å²) in [5.74, 6) is 1.39. The minimum atomic E-state index is 0.627. The lowest BCUT2D eigenvalue weighted by Gasteiger charge is -2.29. The molecular weight excluding hydrogens is 210 g/mol. The van der Waals surface area contributed by atoms with Crippen molar-refractivity contribution >= 4 is 0 Å². The Balaban J connectivity index is 2.14. The normalized spacial score (nSPS) is 19.2. The minimum Gasteiger partial charge on any atom is -0.381 e. The van der Waals surface area contributed by atoms with Gasteiger partial charge in [-0.05, 0) is 48.8 Å². The highest BCUT2D eigenvalue weighted by atomic mass is 16.5. The third-order valence-corrected chi connectivity index (χ3v) is 3.93. The third-order valence-electron chi connectivity index (χ3n) is 3.93. The van der Waals surface area contributed by atoms with E-state index in [9.17, 15) is 0 Å². The van der Waals surface area contributed by atoms with Crippen molar-refractivity contribution in [1.82, 2.24) is 0 Å². The highest BCUT2D eigenvalue weighted by Gasteiger charge is 2.22. The minimum absolute atomic E-state index is 0.627. The van der Waals surface area contributed by atoms with E-state index in [-0.39, 0.29) is 0 Å². The van der Waals surface area contributed by atoms with Gasteiger partial charge in [-0.15, -0.1) is 0 Å². The van der Waals surface area contributed by atoms with Crippen molar-refractivity contribution in [2.75, 3.05) is 19.8 Å². The van der Waals surface area contributed by atoms with E-state index in [1.165, 1.54) is 24.0 Å². The smallest absolute Gasteiger partial charge is 0.0468 e. The SMILES string of the molecule is CC(c1ccccc1CCN)C1CCOCC1. The zero-order valence-electron chi connectivity index (χ0n) is 10.7.